The number of hydrogen-bond acceptors (Lipinski definition) is 6. The van der Waals surface area contributed by atoms with Crippen molar-refractivity contribution in [1.29, 1.82) is 0 Å². The minimum atomic E-state index is 0.0808. The van der Waals surface area contributed by atoms with Gasteiger partial charge >= 0.3 is 0 Å². The first-order valence-electron chi connectivity index (χ1n) is 9.97. The highest BCUT2D eigenvalue weighted by Crippen LogP contribution is 2.30. The lowest BCUT2D eigenvalue weighted by atomic mass is 10.2. The molecule has 3 heterocycles. The third-order valence-corrected chi connectivity index (χ3v) is 5.73. The van der Waals surface area contributed by atoms with Gasteiger partial charge in [0.15, 0.2) is 0 Å². The van der Waals surface area contributed by atoms with Gasteiger partial charge in [-0.1, -0.05) is 0 Å². The van der Waals surface area contributed by atoms with Crippen LogP contribution in [0.5, 0.6) is 0 Å². The number of hydrogen-bond donors (Lipinski definition) is 0. The summed E-state index contributed by atoms with van der Waals surface area (Å²) < 4.78 is 1.77. The average Bonchev–Trinajstić information content (AvgIpc) is 3.44. The van der Waals surface area contributed by atoms with Crippen molar-refractivity contribution in [2.45, 2.75) is 25.9 Å². The molecule has 0 spiro atoms. The summed E-state index contributed by atoms with van der Waals surface area (Å²) in [6.07, 6.45) is 6.00. The quantitative estimate of drug-likeness (QED) is 0.665. The van der Waals surface area contributed by atoms with Crippen LogP contribution in [0.25, 0.3) is 10.9 Å². The Kier molecular flexibility index (Phi) is 4.35. The molecule has 1 aliphatic carbocycles. The molecule has 2 fully saturated rings. The van der Waals surface area contributed by atoms with Crippen molar-refractivity contribution in [2.24, 2.45) is 13.0 Å². The summed E-state index contributed by atoms with van der Waals surface area (Å²) in [5.41, 5.74) is 3.01. The molecule has 5 rings (SSSR count). The zero-order chi connectivity index (χ0) is 19.1. The highest BCUT2D eigenvalue weighted by molar-refractivity contribution is 5.81. The van der Waals surface area contributed by atoms with Crippen molar-refractivity contribution in [3.63, 3.8) is 0 Å². The molecule has 0 radical (unpaired) electrons. The van der Waals surface area contributed by atoms with Gasteiger partial charge in [0.2, 0.25) is 0 Å². The highest BCUT2D eigenvalue weighted by atomic mass is 16.1. The number of anilines is 1. The van der Waals surface area contributed by atoms with Gasteiger partial charge in [-0.05, 0) is 37.0 Å². The number of fused-ring (bicyclic) bond motifs is 1. The Hall–Kier alpha value is -2.74. The summed E-state index contributed by atoms with van der Waals surface area (Å²) >= 11 is 0. The van der Waals surface area contributed by atoms with Crippen LogP contribution in [0.2, 0.25) is 0 Å². The van der Waals surface area contributed by atoms with Crippen LogP contribution in [0.15, 0.2) is 35.5 Å². The molecule has 2 aliphatic rings. The summed E-state index contributed by atoms with van der Waals surface area (Å²) in [4.78, 5) is 23.6. The molecule has 0 bridgehead atoms. The third kappa shape index (κ3) is 3.52. The minimum Gasteiger partial charge on any atom is -0.369 e. The standard InChI is InChI=1S/C20H25N7O/c1-24-22-11-16(23-24)13-25-6-8-26(9-7-25)17-4-5-18-19(10-17)21-14-27(20(18)28)12-15-2-3-15/h4-5,10-11,14-15H,2-3,6-9,12-13H2,1H3. The summed E-state index contributed by atoms with van der Waals surface area (Å²) in [6, 6.07) is 6.05. The number of benzene rings is 1. The van der Waals surface area contributed by atoms with Crippen LogP contribution >= 0.6 is 0 Å². The lowest BCUT2D eigenvalue weighted by Crippen LogP contribution is -2.46. The molecular weight excluding hydrogens is 354 g/mol. The fourth-order valence-electron chi connectivity index (χ4n) is 3.91. The second kappa shape index (κ2) is 7.01. The molecule has 1 saturated heterocycles. The van der Waals surface area contributed by atoms with E-state index in [2.05, 4.69) is 37.1 Å². The molecule has 3 aromatic rings. The fourth-order valence-corrected chi connectivity index (χ4v) is 3.91. The maximum atomic E-state index is 12.7. The summed E-state index contributed by atoms with van der Waals surface area (Å²) in [5.74, 6) is 0.661. The molecule has 8 nitrogen and oxygen atoms in total. The van der Waals surface area contributed by atoms with Crippen LogP contribution in [0.1, 0.15) is 18.5 Å². The van der Waals surface area contributed by atoms with E-state index in [4.69, 9.17) is 0 Å². The Balaban J connectivity index is 1.28. The number of aryl methyl sites for hydroxylation is 1. The molecule has 2 aromatic heterocycles. The highest BCUT2D eigenvalue weighted by Gasteiger charge is 2.23. The maximum absolute atomic E-state index is 12.7. The molecule has 1 aromatic carbocycles. The molecule has 0 N–H and O–H groups in total. The normalized spacial score (nSPS) is 18.1. The largest absolute Gasteiger partial charge is 0.369 e. The number of rotatable bonds is 5. The van der Waals surface area contributed by atoms with E-state index < -0.39 is 0 Å². The van der Waals surface area contributed by atoms with E-state index >= 15 is 0 Å². The predicted octanol–water partition coefficient (Wildman–Crippen LogP) is 1.26. The summed E-state index contributed by atoms with van der Waals surface area (Å²) in [5, 5.41) is 9.22. The number of piperazine rings is 1. The van der Waals surface area contributed by atoms with Crippen LogP contribution < -0.4 is 10.5 Å². The molecule has 28 heavy (non-hydrogen) atoms. The zero-order valence-electron chi connectivity index (χ0n) is 16.2. The molecule has 0 atom stereocenters. The van der Waals surface area contributed by atoms with Crippen molar-refractivity contribution in [3.05, 3.63) is 46.8 Å². The number of aromatic nitrogens is 5. The topological polar surface area (TPSA) is 72.1 Å². The van der Waals surface area contributed by atoms with Gasteiger partial charge in [0, 0.05) is 52.0 Å². The Labute approximate surface area is 163 Å². The van der Waals surface area contributed by atoms with Crippen molar-refractivity contribution in [3.8, 4) is 0 Å². The van der Waals surface area contributed by atoms with Crippen molar-refractivity contribution < 1.29 is 0 Å². The molecule has 1 aliphatic heterocycles. The summed E-state index contributed by atoms with van der Waals surface area (Å²) in [7, 11) is 1.84. The fraction of sp³-hybridized carbons (Fsp3) is 0.500. The maximum Gasteiger partial charge on any atom is 0.261 e. The van der Waals surface area contributed by atoms with Gasteiger partial charge in [-0.15, -0.1) is 0 Å². The monoisotopic (exact) mass is 379 g/mol. The van der Waals surface area contributed by atoms with Crippen molar-refractivity contribution >= 4 is 16.6 Å². The first-order chi connectivity index (χ1) is 13.7. The molecule has 1 saturated carbocycles. The van der Waals surface area contributed by atoms with Gasteiger partial charge in [-0.3, -0.25) is 14.3 Å². The van der Waals surface area contributed by atoms with Crippen molar-refractivity contribution in [2.75, 3.05) is 31.1 Å². The third-order valence-electron chi connectivity index (χ3n) is 5.73. The minimum absolute atomic E-state index is 0.0808. The molecular formula is C20H25N7O. The van der Waals surface area contributed by atoms with Gasteiger partial charge in [0.25, 0.3) is 5.56 Å². The Morgan fingerprint density at radius 1 is 1.14 bits per heavy atom. The van der Waals surface area contributed by atoms with E-state index in [0.29, 0.717) is 11.3 Å². The average molecular weight is 379 g/mol. The smallest absolute Gasteiger partial charge is 0.261 e. The Morgan fingerprint density at radius 3 is 2.68 bits per heavy atom. The summed E-state index contributed by atoms with van der Waals surface area (Å²) in [6.45, 7) is 5.49. The van der Waals surface area contributed by atoms with Crippen LogP contribution in [0.3, 0.4) is 0 Å². The van der Waals surface area contributed by atoms with Crippen LogP contribution in [0, 0.1) is 5.92 Å². The molecule has 8 heteroatoms. The SMILES string of the molecule is Cn1ncc(CN2CCN(c3ccc4c(=O)n(CC5CC5)cnc4c3)CC2)n1. The zero-order valence-corrected chi connectivity index (χ0v) is 16.2. The first kappa shape index (κ1) is 17.4. The molecule has 0 unspecified atom stereocenters. The lowest BCUT2D eigenvalue weighted by molar-refractivity contribution is 0.246. The van der Waals surface area contributed by atoms with Gasteiger partial charge in [0.05, 0.1) is 29.1 Å². The van der Waals surface area contributed by atoms with E-state index in [9.17, 15) is 4.79 Å². The predicted molar refractivity (Wildman–Crippen MR) is 107 cm³/mol. The Morgan fingerprint density at radius 2 is 1.96 bits per heavy atom. The van der Waals surface area contributed by atoms with Gasteiger partial charge < -0.3 is 4.90 Å². The van der Waals surface area contributed by atoms with Gasteiger partial charge in [0.1, 0.15) is 0 Å². The Bertz CT molecular complexity index is 1040. The van der Waals surface area contributed by atoms with E-state index in [0.717, 1.165) is 56.2 Å². The van der Waals surface area contributed by atoms with E-state index in [1.54, 1.807) is 15.7 Å². The van der Waals surface area contributed by atoms with Crippen LogP contribution in [-0.2, 0) is 20.1 Å². The van der Waals surface area contributed by atoms with E-state index in [1.807, 2.05) is 19.3 Å². The van der Waals surface area contributed by atoms with Crippen LogP contribution in [0.4, 0.5) is 5.69 Å². The van der Waals surface area contributed by atoms with Crippen LogP contribution in [-0.4, -0.2) is 55.6 Å². The van der Waals surface area contributed by atoms with E-state index in [-0.39, 0.29) is 5.56 Å². The first-order valence-corrected chi connectivity index (χ1v) is 9.97. The van der Waals surface area contributed by atoms with Gasteiger partial charge in [-0.25, -0.2) is 4.98 Å². The van der Waals surface area contributed by atoms with Gasteiger partial charge in [-0.2, -0.15) is 15.0 Å². The second-order valence-corrected chi connectivity index (χ2v) is 7.94. The molecule has 146 valence electrons. The lowest BCUT2D eigenvalue weighted by Gasteiger charge is -2.35. The van der Waals surface area contributed by atoms with Crippen molar-refractivity contribution in [1.82, 2.24) is 29.4 Å². The van der Waals surface area contributed by atoms with E-state index in [1.165, 1.54) is 12.8 Å². The number of nitrogens with zero attached hydrogens (tertiary/aromatic N) is 7. The second-order valence-electron chi connectivity index (χ2n) is 7.94. The molecule has 0 amide bonds.